The first kappa shape index (κ1) is 13.6. The molecule has 0 spiro atoms. The SMILES string of the molecule is NNC(c1cscc1Br)c1ncc(Br)cc1Br. The molecule has 0 bridgehead atoms. The first-order valence-electron chi connectivity index (χ1n) is 4.62. The van der Waals surface area contributed by atoms with Crippen LogP contribution in [-0.2, 0) is 0 Å². The highest BCUT2D eigenvalue weighted by Gasteiger charge is 2.20. The Kier molecular flexibility index (Phi) is 4.73. The van der Waals surface area contributed by atoms with Crippen molar-refractivity contribution in [3.8, 4) is 0 Å². The fraction of sp³-hybridized carbons (Fsp3) is 0.100. The van der Waals surface area contributed by atoms with Gasteiger partial charge >= 0.3 is 0 Å². The first-order chi connectivity index (χ1) is 8.13. The number of nitrogens with one attached hydrogen (secondary N) is 1. The van der Waals surface area contributed by atoms with Gasteiger partial charge in [0.15, 0.2) is 0 Å². The lowest BCUT2D eigenvalue weighted by Crippen LogP contribution is -2.29. The van der Waals surface area contributed by atoms with E-state index in [0.29, 0.717) is 0 Å². The second kappa shape index (κ2) is 5.90. The van der Waals surface area contributed by atoms with Crippen LogP contribution in [0.2, 0.25) is 0 Å². The number of pyridine rings is 1. The largest absolute Gasteiger partial charge is 0.271 e. The molecule has 0 aliphatic carbocycles. The monoisotopic (exact) mass is 439 g/mol. The maximum atomic E-state index is 5.63. The first-order valence-corrected chi connectivity index (χ1v) is 7.94. The zero-order valence-corrected chi connectivity index (χ0v) is 14.0. The van der Waals surface area contributed by atoms with E-state index in [1.807, 2.05) is 16.8 Å². The van der Waals surface area contributed by atoms with Gasteiger partial charge < -0.3 is 0 Å². The van der Waals surface area contributed by atoms with Crippen molar-refractivity contribution in [2.24, 2.45) is 5.84 Å². The summed E-state index contributed by atoms with van der Waals surface area (Å²) in [5.41, 5.74) is 4.72. The van der Waals surface area contributed by atoms with E-state index in [4.69, 9.17) is 5.84 Å². The zero-order chi connectivity index (χ0) is 12.4. The van der Waals surface area contributed by atoms with Crippen LogP contribution in [0.15, 0.2) is 36.4 Å². The number of halogens is 3. The van der Waals surface area contributed by atoms with Crippen molar-refractivity contribution in [2.45, 2.75) is 6.04 Å². The molecule has 0 fully saturated rings. The average Bonchev–Trinajstić information content (AvgIpc) is 2.69. The van der Waals surface area contributed by atoms with Gasteiger partial charge in [0, 0.05) is 30.6 Å². The topological polar surface area (TPSA) is 50.9 Å². The second-order valence-corrected chi connectivity index (χ2v) is 6.66. The summed E-state index contributed by atoms with van der Waals surface area (Å²) in [6, 6.07) is 1.81. The summed E-state index contributed by atoms with van der Waals surface area (Å²) < 4.78 is 2.86. The van der Waals surface area contributed by atoms with Crippen LogP contribution in [0, 0.1) is 0 Å². The van der Waals surface area contributed by atoms with Gasteiger partial charge in [0.05, 0.1) is 11.7 Å². The molecule has 7 heteroatoms. The Bertz CT molecular complexity index is 529. The molecule has 2 heterocycles. The minimum absolute atomic E-state index is 0.141. The summed E-state index contributed by atoms with van der Waals surface area (Å²) in [4.78, 5) is 4.39. The van der Waals surface area contributed by atoms with Crippen molar-refractivity contribution < 1.29 is 0 Å². The van der Waals surface area contributed by atoms with Crippen LogP contribution in [0.25, 0.3) is 0 Å². The molecular weight excluding hydrogens is 434 g/mol. The van der Waals surface area contributed by atoms with Gasteiger partial charge in [-0.1, -0.05) is 0 Å². The molecule has 90 valence electrons. The highest BCUT2D eigenvalue weighted by molar-refractivity contribution is 9.11. The number of rotatable bonds is 3. The number of hydrogen-bond donors (Lipinski definition) is 2. The quantitative estimate of drug-likeness (QED) is 0.559. The molecule has 0 amide bonds. The average molecular weight is 442 g/mol. The van der Waals surface area contributed by atoms with Crippen LogP contribution < -0.4 is 11.3 Å². The van der Waals surface area contributed by atoms with Crippen LogP contribution in [0.1, 0.15) is 17.3 Å². The van der Waals surface area contributed by atoms with Crippen LogP contribution in [0.4, 0.5) is 0 Å². The summed E-state index contributed by atoms with van der Waals surface area (Å²) in [6.07, 6.45) is 1.75. The molecule has 1 atom stereocenters. The molecule has 1 unspecified atom stereocenters. The van der Waals surface area contributed by atoms with Crippen molar-refractivity contribution in [3.63, 3.8) is 0 Å². The number of nitrogens with zero attached hydrogens (tertiary/aromatic N) is 1. The smallest absolute Gasteiger partial charge is 0.0911 e. The lowest BCUT2D eigenvalue weighted by molar-refractivity contribution is 0.617. The van der Waals surface area contributed by atoms with E-state index in [-0.39, 0.29) is 6.04 Å². The Balaban J connectivity index is 2.46. The van der Waals surface area contributed by atoms with Gasteiger partial charge in [0.25, 0.3) is 0 Å². The Morgan fingerprint density at radius 1 is 1.24 bits per heavy atom. The van der Waals surface area contributed by atoms with Crippen molar-refractivity contribution in [1.29, 1.82) is 0 Å². The van der Waals surface area contributed by atoms with Gasteiger partial charge in [0.2, 0.25) is 0 Å². The van der Waals surface area contributed by atoms with Crippen molar-refractivity contribution in [1.82, 2.24) is 10.4 Å². The highest BCUT2D eigenvalue weighted by Crippen LogP contribution is 2.33. The minimum atomic E-state index is -0.141. The fourth-order valence-corrected chi connectivity index (χ4v) is 4.22. The van der Waals surface area contributed by atoms with Gasteiger partial charge in [-0.25, -0.2) is 5.43 Å². The molecule has 3 N–H and O–H groups in total. The third-order valence-electron chi connectivity index (χ3n) is 2.23. The molecule has 0 aromatic carbocycles. The molecule has 3 nitrogen and oxygen atoms in total. The summed E-state index contributed by atoms with van der Waals surface area (Å²) in [5.74, 6) is 5.63. The summed E-state index contributed by atoms with van der Waals surface area (Å²) >= 11 is 12.0. The number of nitrogens with two attached hydrogens (primary N) is 1. The van der Waals surface area contributed by atoms with Crippen molar-refractivity contribution in [3.05, 3.63) is 47.7 Å². The normalized spacial score (nSPS) is 12.7. The third kappa shape index (κ3) is 2.97. The van der Waals surface area contributed by atoms with Gasteiger partial charge in [-0.15, -0.1) is 0 Å². The van der Waals surface area contributed by atoms with E-state index in [0.717, 1.165) is 24.7 Å². The predicted molar refractivity (Wildman–Crippen MR) is 80.8 cm³/mol. The van der Waals surface area contributed by atoms with Gasteiger partial charge in [0.1, 0.15) is 0 Å². The number of hydrogen-bond acceptors (Lipinski definition) is 4. The number of aromatic nitrogens is 1. The maximum absolute atomic E-state index is 5.63. The molecule has 2 rings (SSSR count). The Morgan fingerprint density at radius 2 is 2.00 bits per heavy atom. The van der Waals surface area contributed by atoms with Gasteiger partial charge in [-0.3, -0.25) is 10.8 Å². The van der Waals surface area contributed by atoms with Crippen molar-refractivity contribution >= 4 is 59.1 Å². The molecule has 17 heavy (non-hydrogen) atoms. The van der Waals surface area contributed by atoms with Crippen LogP contribution in [0.3, 0.4) is 0 Å². The van der Waals surface area contributed by atoms with E-state index >= 15 is 0 Å². The lowest BCUT2D eigenvalue weighted by Gasteiger charge is -2.16. The van der Waals surface area contributed by atoms with E-state index in [2.05, 4.69) is 58.2 Å². The summed E-state index contributed by atoms with van der Waals surface area (Å²) in [5, 5.41) is 4.07. The van der Waals surface area contributed by atoms with Crippen LogP contribution in [0.5, 0.6) is 0 Å². The molecular formula is C10H8Br3N3S. The predicted octanol–water partition coefficient (Wildman–Crippen LogP) is 3.98. The molecule has 0 aliphatic rings. The van der Waals surface area contributed by atoms with Gasteiger partial charge in [-0.05, 0) is 59.2 Å². The van der Waals surface area contributed by atoms with E-state index in [1.165, 1.54) is 0 Å². The van der Waals surface area contributed by atoms with Crippen molar-refractivity contribution in [2.75, 3.05) is 0 Å². The molecule has 0 radical (unpaired) electrons. The standard InChI is InChI=1S/C10H8Br3N3S/c11-5-1-7(12)10(15-2-5)9(16-14)6-3-17-4-8(6)13/h1-4,9,16H,14H2. The zero-order valence-electron chi connectivity index (χ0n) is 8.45. The molecule has 2 aromatic heterocycles. The Labute approximate surface area is 128 Å². The fourth-order valence-electron chi connectivity index (χ4n) is 1.45. The lowest BCUT2D eigenvalue weighted by atomic mass is 10.1. The summed E-state index contributed by atoms with van der Waals surface area (Å²) in [6.45, 7) is 0. The highest BCUT2D eigenvalue weighted by atomic mass is 79.9. The second-order valence-electron chi connectivity index (χ2n) is 3.30. The van der Waals surface area contributed by atoms with Gasteiger partial charge in [-0.2, -0.15) is 11.3 Å². The Morgan fingerprint density at radius 3 is 2.53 bits per heavy atom. The van der Waals surface area contributed by atoms with Crippen LogP contribution in [-0.4, -0.2) is 4.98 Å². The maximum Gasteiger partial charge on any atom is 0.0911 e. The number of thiophene rings is 1. The molecule has 2 aromatic rings. The van der Waals surface area contributed by atoms with E-state index in [9.17, 15) is 0 Å². The molecule has 0 aliphatic heterocycles. The number of hydrazine groups is 1. The van der Waals surface area contributed by atoms with E-state index in [1.54, 1.807) is 17.5 Å². The summed E-state index contributed by atoms with van der Waals surface area (Å²) in [7, 11) is 0. The molecule has 0 saturated carbocycles. The Hall–Kier alpha value is 0.210. The third-order valence-corrected chi connectivity index (χ3v) is 5.05. The molecule has 0 saturated heterocycles. The van der Waals surface area contributed by atoms with Crippen LogP contribution >= 0.6 is 59.1 Å². The minimum Gasteiger partial charge on any atom is -0.271 e. The van der Waals surface area contributed by atoms with E-state index < -0.39 is 0 Å².